The second-order valence-corrected chi connectivity index (χ2v) is 8.20. The van der Waals surface area contributed by atoms with Crippen molar-refractivity contribution >= 4 is 16.8 Å². The number of carbonyl (C=O) groups excluding carboxylic acids is 1. The topological polar surface area (TPSA) is 75.5 Å². The number of halogens is 1. The highest BCUT2D eigenvalue weighted by Gasteiger charge is 2.58. The molecule has 156 valence electrons. The average Bonchev–Trinajstić information content (AvgIpc) is 3.32. The maximum atomic E-state index is 13.3. The monoisotopic (exact) mass is 411 g/mol. The van der Waals surface area contributed by atoms with Crippen LogP contribution in [0.4, 0.5) is 4.39 Å². The fourth-order valence-electron chi connectivity index (χ4n) is 4.32. The van der Waals surface area contributed by atoms with Crippen molar-refractivity contribution in [2.75, 3.05) is 0 Å². The van der Waals surface area contributed by atoms with Gasteiger partial charge in [-0.15, -0.1) is 0 Å². The number of ether oxygens (including phenoxy) is 3. The first-order valence-corrected chi connectivity index (χ1v) is 9.86. The van der Waals surface area contributed by atoms with Gasteiger partial charge in [0.15, 0.2) is 23.9 Å². The van der Waals surface area contributed by atoms with E-state index in [1.54, 1.807) is 0 Å². The van der Waals surface area contributed by atoms with Crippen molar-refractivity contribution < 1.29 is 23.4 Å². The normalized spacial score (nSPS) is 27.5. The highest BCUT2D eigenvalue weighted by atomic mass is 19.1. The van der Waals surface area contributed by atoms with Gasteiger partial charge in [0.05, 0.1) is 5.69 Å². The van der Waals surface area contributed by atoms with Gasteiger partial charge in [0.1, 0.15) is 29.5 Å². The van der Waals surface area contributed by atoms with Crippen molar-refractivity contribution in [1.82, 2.24) is 14.5 Å². The number of Topliss-reactive ketones (excluding diaryl/α,β-unsaturated/α-hetero) is 1. The molecule has 0 spiro atoms. The number of aryl methyl sites for hydroxylation is 2. The molecule has 0 aliphatic carbocycles. The standard InChI is InChI=1S/C22H22FN3O4/c1-11-15-9-10-26(20(15)25-12(2)24-11)21-19-18(29-22(3,4)30-19)17(28-21)16(27)13-5-7-14(23)8-6-13/h5-10,17-19,21H,1-4H3/t17-,18-,19-,21-/m1/s1. The van der Waals surface area contributed by atoms with Crippen LogP contribution < -0.4 is 0 Å². The van der Waals surface area contributed by atoms with Gasteiger partial charge in [0.2, 0.25) is 0 Å². The quantitative estimate of drug-likeness (QED) is 0.614. The molecule has 2 aliphatic heterocycles. The van der Waals surface area contributed by atoms with Gasteiger partial charge < -0.3 is 18.8 Å². The zero-order valence-electron chi connectivity index (χ0n) is 17.1. The van der Waals surface area contributed by atoms with Crippen molar-refractivity contribution in [2.24, 2.45) is 0 Å². The molecule has 5 rings (SSSR count). The lowest BCUT2D eigenvalue weighted by Gasteiger charge is -2.24. The summed E-state index contributed by atoms with van der Waals surface area (Å²) in [6, 6.07) is 7.35. The fraction of sp³-hybridized carbons (Fsp3) is 0.409. The van der Waals surface area contributed by atoms with Crippen LogP contribution in [0.25, 0.3) is 11.0 Å². The van der Waals surface area contributed by atoms with Gasteiger partial charge in [-0.2, -0.15) is 0 Å². The van der Waals surface area contributed by atoms with E-state index >= 15 is 0 Å². The predicted octanol–water partition coefficient (Wildman–Crippen LogP) is 3.49. The lowest BCUT2D eigenvalue weighted by molar-refractivity contribution is -0.190. The third-order valence-corrected chi connectivity index (χ3v) is 5.56. The minimum absolute atomic E-state index is 0.271. The second kappa shape index (κ2) is 6.66. The molecule has 0 radical (unpaired) electrons. The van der Waals surface area contributed by atoms with E-state index in [0.29, 0.717) is 17.0 Å². The summed E-state index contributed by atoms with van der Waals surface area (Å²) in [6.07, 6.45) is -0.705. The molecule has 8 heteroatoms. The van der Waals surface area contributed by atoms with Gasteiger partial charge in [0, 0.05) is 17.1 Å². The molecule has 0 amide bonds. The zero-order chi connectivity index (χ0) is 21.2. The van der Waals surface area contributed by atoms with Gasteiger partial charge >= 0.3 is 0 Å². The molecule has 2 saturated heterocycles. The number of nitrogens with zero attached hydrogens (tertiary/aromatic N) is 3. The molecule has 7 nitrogen and oxygen atoms in total. The van der Waals surface area contributed by atoms with E-state index in [1.807, 2.05) is 44.5 Å². The highest BCUT2D eigenvalue weighted by Crippen LogP contribution is 2.44. The molecule has 0 bridgehead atoms. The molecule has 0 unspecified atom stereocenters. The summed E-state index contributed by atoms with van der Waals surface area (Å²) in [7, 11) is 0. The van der Waals surface area contributed by atoms with Crippen LogP contribution in [0.5, 0.6) is 0 Å². The van der Waals surface area contributed by atoms with Crippen LogP contribution in [0.2, 0.25) is 0 Å². The van der Waals surface area contributed by atoms with E-state index in [-0.39, 0.29) is 5.78 Å². The smallest absolute Gasteiger partial charge is 0.194 e. The van der Waals surface area contributed by atoms with Gasteiger partial charge in [-0.1, -0.05) is 0 Å². The Morgan fingerprint density at radius 1 is 1.07 bits per heavy atom. The summed E-state index contributed by atoms with van der Waals surface area (Å²) in [5.41, 5.74) is 1.95. The molecule has 2 aromatic heterocycles. The summed E-state index contributed by atoms with van der Waals surface area (Å²) in [5, 5.41) is 0.909. The molecular weight excluding hydrogens is 389 g/mol. The highest BCUT2D eigenvalue weighted by molar-refractivity contribution is 6.00. The fourth-order valence-corrected chi connectivity index (χ4v) is 4.32. The van der Waals surface area contributed by atoms with Crippen LogP contribution in [0, 0.1) is 19.7 Å². The first-order chi connectivity index (χ1) is 14.2. The number of fused-ring (bicyclic) bond motifs is 2. The van der Waals surface area contributed by atoms with E-state index in [9.17, 15) is 9.18 Å². The minimum atomic E-state index is -0.881. The van der Waals surface area contributed by atoms with Crippen LogP contribution in [-0.4, -0.2) is 44.4 Å². The second-order valence-electron chi connectivity index (χ2n) is 8.20. The SMILES string of the molecule is Cc1nc(C)c2ccn([C@@H]3O[C@H](C(=O)c4ccc(F)cc4)[C@H]4OC(C)(C)O[C@H]43)c2n1. The molecular formula is C22H22FN3O4. The molecule has 3 aromatic rings. The Balaban J connectivity index is 1.56. The van der Waals surface area contributed by atoms with E-state index in [2.05, 4.69) is 9.97 Å². The summed E-state index contributed by atoms with van der Waals surface area (Å²) in [4.78, 5) is 22.2. The Kier molecular flexibility index (Phi) is 4.29. The Labute approximate surface area is 172 Å². The van der Waals surface area contributed by atoms with Crippen molar-refractivity contribution in [2.45, 2.75) is 58.0 Å². The Hall–Kier alpha value is -2.68. The number of rotatable bonds is 3. The minimum Gasteiger partial charge on any atom is -0.341 e. The molecule has 2 aliphatic rings. The van der Waals surface area contributed by atoms with Crippen molar-refractivity contribution in [3.8, 4) is 0 Å². The lowest BCUT2D eigenvalue weighted by atomic mass is 10.0. The molecule has 4 heterocycles. The molecule has 0 saturated carbocycles. The molecule has 1 aromatic carbocycles. The molecule has 0 N–H and O–H groups in total. The first-order valence-electron chi connectivity index (χ1n) is 9.86. The third-order valence-electron chi connectivity index (χ3n) is 5.56. The van der Waals surface area contributed by atoms with Crippen molar-refractivity contribution in [1.29, 1.82) is 0 Å². The number of aromatic nitrogens is 3. The van der Waals surface area contributed by atoms with E-state index in [0.717, 1.165) is 11.1 Å². The number of benzene rings is 1. The zero-order valence-corrected chi connectivity index (χ0v) is 17.1. The van der Waals surface area contributed by atoms with Crippen molar-refractivity contribution in [3.05, 3.63) is 59.4 Å². The lowest BCUT2D eigenvalue weighted by Crippen LogP contribution is -2.35. The van der Waals surface area contributed by atoms with Gasteiger partial charge in [-0.3, -0.25) is 4.79 Å². The van der Waals surface area contributed by atoms with Gasteiger partial charge in [0.25, 0.3) is 0 Å². The first kappa shape index (κ1) is 19.3. The summed E-state index contributed by atoms with van der Waals surface area (Å²) in [5.74, 6) is -0.882. The number of hydrogen-bond donors (Lipinski definition) is 0. The van der Waals surface area contributed by atoms with Gasteiger partial charge in [-0.25, -0.2) is 14.4 Å². The maximum Gasteiger partial charge on any atom is 0.194 e. The van der Waals surface area contributed by atoms with Crippen LogP contribution in [0.15, 0.2) is 36.5 Å². The van der Waals surface area contributed by atoms with E-state index < -0.39 is 36.1 Å². The molecule has 30 heavy (non-hydrogen) atoms. The molecule has 2 fully saturated rings. The van der Waals surface area contributed by atoms with Crippen LogP contribution in [0.3, 0.4) is 0 Å². The number of hydrogen-bond acceptors (Lipinski definition) is 6. The maximum absolute atomic E-state index is 13.3. The average molecular weight is 411 g/mol. The summed E-state index contributed by atoms with van der Waals surface area (Å²) >= 11 is 0. The number of carbonyl (C=O) groups is 1. The molecule has 4 atom stereocenters. The Bertz CT molecular complexity index is 1140. The van der Waals surface area contributed by atoms with Crippen molar-refractivity contribution in [3.63, 3.8) is 0 Å². The predicted molar refractivity (Wildman–Crippen MR) is 105 cm³/mol. The third kappa shape index (κ3) is 3.03. The van der Waals surface area contributed by atoms with Crippen LogP contribution >= 0.6 is 0 Å². The van der Waals surface area contributed by atoms with Crippen LogP contribution in [-0.2, 0) is 14.2 Å². The summed E-state index contributed by atoms with van der Waals surface area (Å²) < 4.78 is 33.6. The summed E-state index contributed by atoms with van der Waals surface area (Å²) in [6.45, 7) is 7.39. The largest absolute Gasteiger partial charge is 0.341 e. The van der Waals surface area contributed by atoms with E-state index in [4.69, 9.17) is 14.2 Å². The number of ketones is 1. The van der Waals surface area contributed by atoms with Gasteiger partial charge in [-0.05, 0) is 58.0 Å². The van der Waals surface area contributed by atoms with E-state index in [1.165, 1.54) is 24.3 Å². The Morgan fingerprint density at radius 3 is 2.50 bits per heavy atom. The Morgan fingerprint density at radius 2 is 1.77 bits per heavy atom. The van der Waals surface area contributed by atoms with Crippen LogP contribution in [0.1, 0.15) is 42.0 Å².